The van der Waals surface area contributed by atoms with Gasteiger partial charge in [-0.1, -0.05) is 24.3 Å². The highest BCUT2D eigenvalue weighted by atomic mass is 32.2. The van der Waals surface area contributed by atoms with E-state index in [0.717, 1.165) is 48.7 Å². The molecule has 9 nitrogen and oxygen atoms in total. The molecule has 0 fully saturated rings. The number of nitrogens with two attached hydrogens (primary N) is 1. The predicted molar refractivity (Wildman–Crippen MR) is 192 cm³/mol. The predicted octanol–water partition coefficient (Wildman–Crippen LogP) is 6.73. The third-order valence-corrected chi connectivity index (χ3v) is 11.2. The fraction of sp³-hybridized carbons (Fsp3) is 0.300. The summed E-state index contributed by atoms with van der Waals surface area (Å²) in [5.41, 5.74) is 12.8. The number of rotatable bonds is 6. The minimum Gasteiger partial charge on any atom is -0.322 e. The first-order valence-electron chi connectivity index (χ1n) is 16.4. The summed E-state index contributed by atoms with van der Waals surface area (Å²) in [6.07, 6.45) is 0.648. The van der Waals surface area contributed by atoms with Gasteiger partial charge in [-0.25, -0.2) is 13.3 Å². The molecule has 2 aliphatic rings. The van der Waals surface area contributed by atoms with Crippen LogP contribution < -0.4 is 10.6 Å². The first-order valence-corrected chi connectivity index (χ1v) is 17.9. The summed E-state index contributed by atoms with van der Waals surface area (Å²) in [6, 6.07) is 15.9. The van der Waals surface area contributed by atoms with E-state index in [2.05, 4.69) is 26.0 Å². The lowest BCUT2D eigenvalue weighted by Crippen LogP contribution is -2.45. The van der Waals surface area contributed by atoms with Crippen LogP contribution in [0, 0.1) is 27.7 Å². The Hall–Kier alpha value is -4.93. The molecule has 0 saturated carbocycles. The Bertz CT molecular complexity index is 2260. The van der Waals surface area contributed by atoms with Gasteiger partial charge in [0.05, 0.1) is 37.7 Å². The van der Waals surface area contributed by atoms with E-state index in [0.29, 0.717) is 12.1 Å². The number of nitrogens with zero attached hydrogens (tertiary/aromatic N) is 2. The van der Waals surface area contributed by atoms with E-state index in [4.69, 9.17) is 5.73 Å². The molecular formula is C40H41N3O6S. The average Bonchev–Trinajstić information content (AvgIpc) is 3.39. The van der Waals surface area contributed by atoms with Crippen LogP contribution in [0.15, 0.2) is 70.5 Å². The molecule has 0 saturated heterocycles. The Labute approximate surface area is 293 Å². The molecule has 4 amide bonds. The zero-order valence-corrected chi connectivity index (χ0v) is 30.6. The van der Waals surface area contributed by atoms with E-state index in [-0.39, 0.29) is 32.0 Å². The van der Waals surface area contributed by atoms with Crippen molar-refractivity contribution in [2.45, 2.75) is 89.6 Å². The quantitative estimate of drug-likeness (QED) is 0.222. The highest BCUT2D eigenvalue weighted by Gasteiger charge is 2.43. The van der Waals surface area contributed by atoms with Crippen LogP contribution in [-0.4, -0.2) is 42.5 Å². The van der Waals surface area contributed by atoms with Gasteiger partial charge < -0.3 is 5.73 Å². The van der Waals surface area contributed by atoms with Gasteiger partial charge in [-0.3, -0.25) is 24.1 Å². The molecular weight excluding hydrogens is 651 g/mol. The number of aryl methyl sites for hydroxylation is 4. The van der Waals surface area contributed by atoms with Crippen LogP contribution in [0.2, 0.25) is 0 Å². The van der Waals surface area contributed by atoms with Crippen LogP contribution >= 0.6 is 0 Å². The Morgan fingerprint density at radius 1 is 0.580 bits per heavy atom. The van der Waals surface area contributed by atoms with Crippen LogP contribution in [0.3, 0.4) is 0 Å². The first kappa shape index (κ1) is 34.9. The number of anilines is 1. The summed E-state index contributed by atoms with van der Waals surface area (Å²) < 4.78 is 27.6. The Kier molecular flexibility index (Phi) is 8.08. The van der Waals surface area contributed by atoms with Gasteiger partial charge in [0, 0.05) is 11.1 Å². The zero-order valence-electron chi connectivity index (χ0n) is 29.8. The Morgan fingerprint density at radius 2 is 0.980 bits per heavy atom. The van der Waals surface area contributed by atoms with Gasteiger partial charge in [0.25, 0.3) is 23.6 Å². The number of hydrogen-bond donors (Lipinski definition) is 1. The lowest BCUT2D eigenvalue weighted by atomic mass is 9.85. The summed E-state index contributed by atoms with van der Waals surface area (Å²) in [4.78, 5) is 55.4. The first-order chi connectivity index (χ1) is 23.1. The standard InChI is InChI=1S/C40H41N3O6S/c1-21-14-25(15-22(2)33(21)40(8,9)41)18-26-16-23(3)34(24(4)17-26)42-35(44)29-12-10-27(19-31(29)36(42)45)50(48,49)28-11-13-30-32(20-28)38(47)43(37(30)46)39(5,6)7/h10-17,19-20H,18,41H2,1-9H3. The van der Waals surface area contributed by atoms with Gasteiger partial charge in [-0.05, 0) is 144 Å². The van der Waals surface area contributed by atoms with Crippen molar-refractivity contribution < 1.29 is 27.6 Å². The van der Waals surface area contributed by atoms with E-state index < -0.39 is 44.5 Å². The number of carbonyl (C=O) groups excluding carboxylic acids is 4. The van der Waals surface area contributed by atoms with Crippen molar-refractivity contribution in [3.8, 4) is 0 Å². The second-order valence-corrected chi connectivity index (χ2v) is 17.0. The summed E-state index contributed by atoms with van der Waals surface area (Å²) in [6.45, 7) is 17.0. The van der Waals surface area contributed by atoms with Crippen LogP contribution in [0.5, 0.6) is 0 Å². The SMILES string of the molecule is Cc1cc(Cc2cc(C)c(C(C)(C)N)c(C)c2)cc(C)c1N1C(=O)c2ccc(S(=O)(=O)c3ccc4c(c3)C(=O)N(C(C)(C)C)C4=O)cc2C1=O. The lowest BCUT2D eigenvalue weighted by molar-refractivity contribution is 0.0507. The molecule has 0 atom stereocenters. The highest BCUT2D eigenvalue weighted by Crippen LogP contribution is 2.37. The van der Waals surface area contributed by atoms with Gasteiger partial charge >= 0.3 is 0 Å². The molecule has 0 aliphatic carbocycles. The van der Waals surface area contributed by atoms with Crippen molar-refractivity contribution in [1.29, 1.82) is 0 Å². The monoisotopic (exact) mass is 691 g/mol. The van der Waals surface area contributed by atoms with E-state index in [1.54, 1.807) is 20.8 Å². The normalized spacial score (nSPS) is 14.9. The number of carbonyl (C=O) groups is 4. The van der Waals surface area contributed by atoms with Crippen molar-refractivity contribution in [1.82, 2.24) is 4.90 Å². The Balaban J connectivity index is 1.30. The molecule has 258 valence electrons. The molecule has 10 heteroatoms. The summed E-state index contributed by atoms with van der Waals surface area (Å²) in [5, 5.41) is 0. The number of benzene rings is 4. The van der Waals surface area contributed by atoms with Gasteiger partial charge in [0.1, 0.15) is 0 Å². The summed E-state index contributed by atoms with van der Waals surface area (Å²) in [7, 11) is -4.24. The summed E-state index contributed by atoms with van der Waals surface area (Å²) in [5.74, 6) is -2.22. The van der Waals surface area contributed by atoms with Crippen LogP contribution in [0.25, 0.3) is 0 Å². The lowest BCUT2D eigenvalue weighted by Gasteiger charge is -2.29. The largest absolute Gasteiger partial charge is 0.322 e. The Morgan fingerprint density at radius 3 is 1.44 bits per heavy atom. The van der Waals surface area contributed by atoms with Crippen LogP contribution in [-0.2, 0) is 21.8 Å². The smallest absolute Gasteiger partial charge is 0.266 e. The molecule has 0 radical (unpaired) electrons. The molecule has 0 aromatic heterocycles. The summed E-state index contributed by atoms with van der Waals surface area (Å²) >= 11 is 0. The maximum Gasteiger partial charge on any atom is 0.266 e. The zero-order chi connectivity index (χ0) is 36.8. The second-order valence-electron chi connectivity index (χ2n) is 15.1. The molecule has 0 spiro atoms. The molecule has 6 rings (SSSR count). The van der Waals surface area contributed by atoms with Crippen molar-refractivity contribution in [2.75, 3.05) is 4.90 Å². The molecule has 2 heterocycles. The number of amides is 4. The highest BCUT2D eigenvalue weighted by molar-refractivity contribution is 7.91. The third-order valence-electron chi connectivity index (χ3n) is 9.43. The molecule has 4 aromatic carbocycles. The maximum atomic E-state index is 13.9. The van der Waals surface area contributed by atoms with Crippen molar-refractivity contribution in [3.63, 3.8) is 0 Å². The fourth-order valence-corrected chi connectivity index (χ4v) is 8.94. The minimum absolute atomic E-state index is 0.000720. The van der Waals surface area contributed by atoms with E-state index in [1.807, 2.05) is 39.8 Å². The second kappa shape index (κ2) is 11.6. The van der Waals surface area contributed by atoms with E-state index in [1.165, 1.54) is 36.4 Å². The van der Waals surface area contributed by atoms with Gasteiger partial charge in [0.15, 0.2) is 0 Å². The molecule has 50 heavy (non-hydrogen) atoms. The molecule has 4 aromatic rings. The maximum absolute atomic E-state index is 13.9. The van der Waals surface area contributed by atoms with Crippen molar-refractivity contribution in [2.24, 2.45) is 5.73 Å². The minimum atomic E-state index is -4.24. The van der Waals surface area contributed by atoms with Crippen molar-refractivity contribution >= 4 is 39.2 Å². The van der Waals surface area contributed by atoms with E-state index >= 15 is 0 Å². The average molecular weight is 692 g/mol. The fourth-order valence-electron chi connectivity index (χ4n) is 7.63. The van der Waals surface area contributed by atoms with Crippen LogP contribution in [0.1, 0.15) is 115 Å². The third kappa shape index (κ3) is 5.56. The topological polar surface area (TPSA) is 135 Å². The van der Waals surface area contributed by atoms with E-state index in [9.17, 15) is 27.6 Å². The number of imide groups is 2. The number of fused-ring (bicyclic) bond motifs is 2. The number of sulfone groups is 1. The molecule has 2 aliphatic heterocycles. The molecule has 2 N–H and O–H groups in total. The van der Waals surface area contributed by atoms with Gasteiger partial charge in [0.2, 0.25) is 9.84 Å². The molecule has 0 bridgehead atoms. The van der Waals surface area contributed by atoms with Gasteiger partial charge in [-0.15, -0.1) is 0 Å². The van der Waals surface area contributed by atoms with Crippen LogP contribution in [0.4, 0.5) is 5.69 Å². The molecule has 0 unspecified atom stereocenters. The van der Waals surface area contributed by atoms with Gasteiger partial charge in [-0.2, -0.15) is 0 Å². The number of hydrogen-bond acceptors (Lipinski definition) is 7. The van der Waals surface area contributed by atoms with Crippen molar-refractivity contribution in [3.05, 3.63) is 122 Å².